The van der Waals surface area contributed by atoms with Crippen molar-refractivity contribution in [3.63, 3.8) is 0 Å². The van der Waals surface area contributed by atoms with E-state index in [4.69, 9.17) is 9.47 Å². The van der Waals surface area contributed by atoms with Crippen LogP contribution < -0.4 is 13.8 Å². The van der Waals surface area contributed by atoms with E-state index in [1.165, 1.54) is 0 Å². The van der Waals surface area contributed by atoms with Crippen LogP contribution in [0.1, 0.15) is 11.1 Å². The molecule has 6 nitrogen and oxygen atoms in total. The first-order chi connectivity index (χ1) is 15.3. The summed E-state index contributed by atoms with van der Waals surface area (Å²) in [6, 6.07) is 26.9. The van der Waals surface area contributed by atoms with Gasteiger partial charge in [-0.2, -0.15) is 4.98 Å². The summed E-state index contributed by atoms with van der Waals surface area (Å²) in [7, 11) is -1.29. The Labute approximate surface area is 182 Å². The Morgan fingerprint density at radius 1 is 0.871 bits per heavy atom. The van der Waals surface area contributed by atoms with Crippen molar-refractivity contribution in [2.24, 2.45) is 0 Å². The van der Waals surface area contributed by atoms with Crippen molar-refractivity contribution in [3.05, 3.63) is 102 Å². The molecule has 0 N–H and O–H groups in total. The predicted octanol–water partition coefficient (Wildman–Crippen LogP) is 4.89. The Kier molecular flexibility index (Phi) is 5.33. The van der Waals surface area contributed by atoms with Gasteiger partial charge < -0.3 is 9.47 Å². The number of fused-ring (bicyclic) bond motifs is 1. The molecule has 0 amide bonds. The van der Waals surface area contributed by atoms with Gasteiger partial charge in [0.1, 0.15) is 23.9 Å². The SMILES string of the molecule is O=S1c2ccccc2CN1c1ccnc(Oc2ccc(OCc3ccccc3)cc2)n1. The summed E-state index contributed by atoms with van der Waals surface area (Å²) < 4.78 is 26.1. The van der Waals surface area contributed by atoms with E-state index in [-0.39, 0.29) is 6.01 Å². The van der Waals surface area contributed by atoms with Gasteiger partial charge in [0.15, 0.2) is 11.0 Å². The van der Waals surface area contributed by atoms with Gasteiger partial charge in [0.2, 0.25) is 0 Å². The lowest BCUT2D eigenvalue weighted by Gasteiger charge is -2.15. The van der Waals surface area contributed by atoms with Crippen LogP contribution in [0.2, 0.25) is 0 Å². The summed E-state index contributed by atoms with van der Waals surface area (Å²) >= 11 is 0. The molecule has 0 fully saturated rings. The average Bonchev–Trinajstić information content (AvgIpc) is 3.16. The molecule has 2 heterocycles. The molecule has 1 aliphatic heterocycles. The van der Waals surface area contributed by atoms with Crippen molar-refractivity contribution >= 4 is 16.8 Å². The molecule has 154 valence electrons. The first kappa shape index (κ1) is 19.3. The topological polar surface area (TPSA) is 64.6 Å². The molecule has 7 heteroatoms. The second-order valence-electron chi connectivity index (χ2n) is 6.94. The molecule has 0 saturated heterocycles. The summed E-state index contributed by atoms with van der Waals surface area (Å²) in [5.41, 5.74) is 2.14. The molecule has 3 aromatic carbocycles. The summed E-state index contributed by atoms with van der Waals surface area (Å²) in [6.45, 7) is 1.04. The van der Waals surface area contributed by atoms with Gasteiger partial charge in [-0.25, -0.2) is 9.19 Å². The van der Waals surface area contributed by atoms with Crippen LogP contribution in [-0.2, 0) is 24.1 Å². The zero-order valence-electron chi connectivity index (χ0n) is 16.5. The lowest BCUT2D eigenvalue weighted by molar-refractivity contribution is 0.305. The maximum Gasteiger partial charge on any atom is 0.323 e. The van der Waals surface area contributed by atoms with Crippen LogP contribution >= 0.6 is 0 Å². The molecule has 1 aliphatic rings. The second-order valence-corrected chi connectivity index (χ2v) is 8.32. The van der Waals surface area contributed by atoms with Gasteiger partial charge in [0.25, 0.3) is 0 Å². The third-order valence-electron chi connectivity index (χ3n) is 4.83. The zero-order valence-corrected chi connectivity index (χ0v) is 17.4. The van der Waals surface area contributed by atoms with Gasteiger partial charge in [-0.1, -0.05) is 48.5 Å². The largest absolute Gasteiger partial charge is 0.489 e. The quantitative estimate of drug-likeness (QED) is 0.437. The molecule has 1 atom stereocenters. The lowest BCUT2D eigenvalue weighted by Crippen LogP contribution is -2.19. The van der Waals surface area contributed by atoms with Gasteiger partial charge in [0, 0.05) is 12.3 Å². The van der Waals surface area contributed by atoms with Crippen molar-refractivity contribution in [1.82, 2.24) is 9.97 Å². The van der Waals surface area contributed by atoms with Gasteiger partial charge in [-0.3, -0.25) is 4.31 Å². The van der Waals surface area contributed by atoms with Crippen LogP contribution in [0.3, 0.4) is 0 Å². The highest BCUT2D eigenvalue weighted by molar-refractivity contribution is 7.86. The summed E-state index contributed by atoms with van der Waals surface area (Å²) in [4.78, 5) is 9.45. The van der Waals surface area contributed by atoms with Crippen molar-refractivity contribution in [1.29, 1.82) is 0 Å². The summed E-state index contributed by atoms with van der Waals surface area (Å²) in [5, 5.41) is 0. The Morgan fingerprint density at radius 2 is 1.61 bits per heavy atom. The van der Waals surface area contributed by atoms with Crippen molar-refractivity contribution in [2.45, 2.75) is 18.0 Å². The van der Waals surface area contributed by atoms with E-state index in [2.05, 4.69) is 9.97 Å². The maximum absolute atomic E-state index is 12.8. The molecule has 0 bridgehead atoms. The molecular weight excluding hydrogens is 410 g/mol. The minimum atomic E-state index is -1.29. The molecule has 0 spiro atoms. The third kappa shape index (κ3) is 4.27. The number of nitrogens with zero attached hydrogens (tertiary/aromatic N) is 3. The van der Waals surface area contributed by atoms with E-state index >= 15 is 0 Å². The molecule has 0 radical (unpaired) electrons. The predicted molar refractivity (Wildman–Crippen MR) is 118 cm³/mol. The highest BCUT2D eigenvalue weighted by atomic mass is 32.2. The van der Waals surface area contributed by atoms with Gasteiger partial charge in [-0.05, 0) is 41.5 Å². The summed E-state index contributed by atoms with van der Waals surface area (Å²) in [6.07, 6.45) is 1.61. The van der Waals surface area contributed by atoms with Crippen LogP contribution in [0.4, 0.5) is 5.82 Å². The van der Waals surface area contributed by atoms with Gasteiger partial charge >= 0.3 is 6.01 Å². The minimum absolute atomic E-state index is 0.198. The second kappa shape index (κ2) is 8.57. The molecular formula is C24H19N3O3S. The molecule has 1 unspecified atom stereocenters. The first-order valence-corrected chi connectivity index (χ1v) is 10.9. The minimum Gasteiger partial charge on any atom is -0.489 e. The van der Waals surface area contributed by atoms with Gasteiger partial charge in [0.05, 0.1) is 11.4 Å². The van der Waals surface area contributed by atoms with E-state index in [1.807, 2.05) is 66.7 Å². The molecule has 31 heavy (non-hydrogen) atoms. The monoisotopic (exact) mass is 429 g/mol. The number of aromatic nitrogens is 2. The third-order valence-corrected chi connectivity index (χ3v) is 6.32. The van der Waals surface area contributed by atoms with Crippen LogP contribution in [0.25, 0.3) is 0 Å². The summed E-state index contributed by atoms with van der Waals surface area (Å²) in [5.74, 6) is 1.90. The Morgan fingerprint density at radius 3 is 2.42 bits per heavy atom. The highest BCUT2D eigenvalue weighted by Gasteiger charge is 2.28. The Balaban J connectivity index is 1.25. The fourth-order valence-electron chi connectivity index (χ4n) is 3.27. The number of hydrogen-bond acceptors (Lipinski definition) is 5. The van der Waals surface area contributed by atoms with E-state index < -0.39 is 11.0 Å². The van der Waals surface area contributed by atoms with Gasteiger partial charge in [-0.15, -0.1) is 0 Å². The first-order valence-electron chi connectivity index (χ1n) is 9.81. The van der Waals surface area contributed by atoms with E-state index in [1.54, 1.807) is 28.7 Å². The Bertz CT molecular complexity index is 1220. The van der Waals surface area contributed by atoms with E-state index in [0.717, 1.165) is 21.8 Å². The molecule has 5 rings (SSSR count). The normalized spacial score (nSPS) is 14.8. The van der Waals surface area contributed by atoms with E-state index in [0.29, 0.717) is 24.7 Å². The molecule has 4 aromatic rings. The molecule has 0 saturated carbocycles. The van der Waals surface area contributed by atoms with Crippen molar-refractivity contribution in [2.75, 3.05) is 4.31 Å². The zero-order chi connectivity index (χ0) is 21.0. The molecule has 0 aliphatic carbocycles. The number of hydrogen-bond donors (Lipinski definition) is 0. The van der Waals surface area contributed by atoms with Crippen LogP contribution in [0.15, 0.2) is 96.0 Å². The maximum atomic E-state index is 12.8. The standard InChI is InChI=1S/C24H19N3O3S/c28-31-22-9-5-4-8-19(22)16-27(31)23-14-15-25-24(26-23)30-21-12-10-20(11-13-21)29-17-18-6-2-1-3-7-18/h1-15H,16-17H2. The average molecular weight is 430 g/mol. The Hall–Kier alpha value is -3.71. The smallest absolute Gasteiger partial charge is 0.323 e. The van der Waals surface area contributed by atoms with Crippen LogP contribution in [0.5, 0.6) is 17.5 Å². The number of anilines is 1. The van der Waals surface area contributed by atoms with Crippen molar-refractivity contribution in [3.8, 4) is 17.5 Å². The number of rotatable bonds is 6. The van der Waals surface area contributed by atoms with Crippen molar-refractivity contribution < 1.29 is 13.7 Å². The fourth-order valence-corrected chi connectivity index (χ4v) is 4.59. The van der Waals surface area contributed by atoms with Crippen LogP contribution in [0, 0.1) is 0 Å². The van der Waals surface area contributed by atoms with E-state index in [9.17, 15) is 4.21 Å². The fraction of sp³-hybridized carbons (Fsp3) is 0.0833. The lowest BCUT2D eigenvalue weighted by atomic mass is 10.2. The number of ether oxygens (including phenoxy) is 2. The molecule has 1 aromatic heterocycles. The highest BCUT2D eigenvalue weighted by Crippen LogP contribution is 2.31. The number of benzene rings is 3. The van der Waals surface area contributed by atoms with Crippen LogP contribution in [-0.4, -0.2) is 14.2 Å².